The standard InChI is InChI=1S/3C18H15OSi.4C4H8O.Dy/c3*19-20(16-10-4-1-5-11-16,17-12-6-2-7-13-17)18-14-8-3-9-15-18;4*1-2-4-5-3-1;/h3*1-15H;4*1-4H2;/q3*-1;;;;;+3. The number of ether oxygens (including phenoxy) is 4. The van der Waals surface area contributed by atoms with Crippen LogP contribution in [0.25, 0.3) is 0 Å². The van der Waals surface area contributed by atoms with Crippen LogP contribution >= 0.6 is 0 Å². The summed E-state index contributed by atoms with van der Waals surface area (Å²) in [7, 11) is -9.38. The van der Waals surface area contributed by atoms with Crippen molar-refractivity contribution < 1.29 is 71.5 Å². The predicted molar refractivity (Wildman–Crippen MR) is 332 cm³/mol. The summed E-state index contributed by atoms with van der Waals surface area (Å²) < 4.78 is 19.8. The zero-order valence-electron chi connectivity index (χ0n) is 46.5. The van der Waals surface area contributed by atoms with Crippen LogP contribution in [-0.4, -0.2) is 77.8 Å². The molecule has 9 aromatic carbocycles. The van der Waals surface area contributed by atoms with E-state index in [2.05, 4.69) is 0 Å². The second-order valence-electron chi connectivity index (χ2n) is 19.6. The molecule has 4 fully saturated rings. The van der Waals surface area contributed by atoms with Gasteiger partial charge in [-0.15, -0.1) is 0 Å². The van der Waals surface area contributed by atoms with Crippen molar-refractivity contribution in [2.45, 2.75) is 51.4 Å². The second-order valence-corrected chi connectivity index (χ2v) is 28.9. The molecule has 7 nitrogen and oxygen atoms in total. The van der Waals surface area contributed by atoms with Gasteiger partial charge in [0.15, 0.2) is 0 Å². The van der Waals surface area contributed by atoms with E-state index in [1.165, 1.54) is 51.4 Å². The maximum atomic E-state index is 13.8. The first kappa shape index (κ1) is 64.8. The molecule has 0 unspecified atom stereocenters. The molecule has 4 aliphatic rings. The van der Waals surface area contributed by atoms with Crippen LogP contribution < -0.4 is 61.1 Å². The van der Waals surface area contributed by atoms with E-state index >= 15 is 0 Å². The van der Waals surface area contributed by atoms with Crippen molar-refractivity contribution in [3.05, 3.63) is 273 Å². The Morgan fingerprint density at radius 1 is 0.185 bits per heavy atom. The Hall–Kier alpha value is -5.38. The Balaban J connectivity index is 0.000000165. The number of benzene rings is 9. The van der Waals surface area contributed by atoms with Gasteiger partial charge < -0.3 is 33.3 Å². The molecule has 4 heterocycles. The fraction of sp³-hybridized carbons (Fsp3) is 0.229. The van der Waals surface area contributed by atoms with Crippen LogP contribution in [0.3, 0.4) is 0 Å². The van der Waals surface area contributed by atoms with E-state index in [1.54, 1.807) is 0 Å². The van der Waals surface area contributed by atoms with Crippen molar-refractivity contribution in [3.63, 3.8) is 0 Å². The van der Waals surface area contributed by atoms with Gasteiger partial charge in [-0.1, -0.05) is 320 Å². The smallest absolute Gasteiger partial charge is 0.848 e. The second kappa shape index (κ2) is 37.0. The first-order chi connectivity index (χ1) is 39.4. The Morgan fingerprint density at radius 2 is 0.284 bits per heavy atom. The Labute approximate surface area is 516 Å². The van der Waals surface area contributed by atoms with Gasteiger partial charge in [-0.05, 0) is 51.4 Å². The molecule has 0 spiro atoms. The Kier molecular flexibility index (Phi) is 29.6. The fourth-order valence-electron chi connectivity index (χ4n) is 9.60. The van der Waals surface area contributed by atoms with Crippen LogP contribution in [0.1, 0.15) is 51.4 Å². The number of hydrogen-bond donors (Lipinski definition) is 0. The van der Waals surface area contributed by atoms with Gasteiger partial charge in [-0.3, -0.25) is 0 Å². The monoisotopic (exact) mass is 1280 g/mol. The minimum absolute atomic E-state index is 0. The van der Waals surface area contributed by atoms with Crippen LogP contribution in [0.2, 0.25) is 0 Å². The molecule has 81 heavy (non-hydrogen) atoms. The van der Waals surface area contributed by atoms with Gasteiger partial charge in [0, 0.05) is 52.9 Å². The third kappa shape index (κ3) is 19.9. The van der Waals surface area contributed by atoms with Crippen molar-refractivity contribution in [2.75, 3.05) is 52.9 Å². The van der Waals surface area contributed by atoms with E-state index in [0.29, 0.717) is 0 Å². The van der Waals surface area contributed by atoms with E-state index < -0.39 is 25.0 Å². The van der Waals surface area contributed by atoms with Crippen LogP contribution in [0, 0.1) is 38.2 Å². The molecule has 0 bridgehead atoms. The van der Waals surface area contributed by atoms with Gasteiger partial charge in [0.05, 0.1) is 25.0 Å². The van der Waals surface area contributed by atoms with Crippen LogP contribution in [0.4, 0.5) is 0 Å². The third-order valence-electron chi connectivity index (χ3n) is 13.9. The SMILES string of the molecule is C1CCOC1.C1CCOC1.C1CCOC1.C1CCOC1.[Dy+3].[O-][Si](c1ccccc1)(c1ccccc1)c1ccccc1.[O-][Si](c1ccccc1)(c1ccccc1)c1ccccc1.[O-][Si](c1ccccc1)(c1ccccc1)c1ccccc1. The molecule has 11 heteroatoms. The molecule has 4 aliphatic heterocycles. The molecule has 13 rings (SSSR count). The summed E-state index contributed by atoms with van der Waals surface area (Å²) >= 11 is 0. The van der Waals surface area contributed by atoms with E-state index in [0.717, 1.165) is 99.5 Å². The molecule has 0 atom stereocenters. The average Bonchev–Trinajstić information content (AvgIpc) is 4.48. The summed E-state index contributed by atoms with van der Waals surface area (Å²) in [5.41, 5.74) is 0. The van der Waals surface area contributed by atoms with Crippen LogP contribution in [-0.2, 0) is 18.9 Å². The molecule has 1 radical (unpaired) electrons. The van der Waals surface area contributed by atoms with Gasteiger partial charge in [-0.2, -0.15) is 0 Å². The van der Waals surface area contributed by atoms with Gasteiger partial charge in [0.25, 0.3) is 0 Å². The van der Waals surface area contributed by atoms with E-state index in [9.17, 15) is 14.4 Å². The summed E-state index contributed by atoms with van der Waals surface area (Å²) in [6, 6.07) is 87.8. The van der Waals surface area contributed by atoms with Gasteiger partial charge >= 0.3 is 38.2 Å². The van der Waals surface area contributed by atoms with Gasteiger partial charge in [0.2, 0.25) is 0 Å². The van der Waals surface area contributed by atoms with E-state index in [1.807, 2.05) is 273 Å². The molecule has 4 saturated heterocycles. The Bertz CT molecular complexity index is 2300. The average molecular weight is 1280 g/mol. The number of hydrogen-bond acceptors (Lipinski definition) is 7. The molecule has 0 aliphatic carbocycles. The quantitative estimate of drug-likeness (QED) is 0.125. The molecule has 421 valence electrons. The van der Waals surface area contributed by atoms with Crippen molar-refractivity contribution in [1.29, 1.82) is 0 Å². The molecular weight excluding hydrogens is 1200 g/mol. The fourth-order valence-corrected chi connectivity index (χ4v) is 18.6. The number of rotatable bonds is 9. The third-order valence-corrected chi connectivity index (χ3v) is 24.2. The molecule has 0 N–H and O–H groups in total. The largest absolute Gasteiger partial charge is 3.00 e. The summed E-state index contributed by atoms with van der Waals surface area (Å²) in [4.78, 5) is 41.5. The van der Waals surface area contributed by atoms with E-state index in [4.69, 9.17) is 18.9 Å². The maximum Gasteiger partial charge on any atom is 3.00 e. The molecular formula is C70H77DyO7Si3. The molecule has 0 aromatic heterocycles. The Morgan fingerprint density at radius 3 is 0.358 bits per heavy atom. The van der Waals surface area contributed by atoms with Crippen molar-refractivity contribution in [3.8, 4) is 0 Å². The first-order valence-electron chi connectivity index (χ1n) is 28.4. The van der Waals surface area contributed by atoms with Crippen molar-refractivity contribution in [1.82, 2.24) is 0 Å². The van der Waals surface area contributed by atoms with E-state index in [-0.39, 0.29) is 38.2 Å². The summed E-state index contributed by atoms with van der Waals surface area (Å²) in [5, 5.41) is 8.10. The van der Waals surface area contributed by atoms with Gasteiger partial charge in [-0.25, -0.2) is 0 Å². The topological polar surface area (TPSA) is 106 Å². The zero-order chi connectivity index (χ0) is 55.7. The molecule has 9 aromatic rings. The summed E-state index contributed by atoms with van der Waals surface area (Å²) in [6.45, 7) is 8.00. The predicted octanol–water partition coefficient (Wildman–Crippen LogP) is 6.23. The molecule has 0 saturated carbocycles. The van der Waals surface area contributed by atoms with Crippen LogP contribution in [0.15, 0.2) is 273 Å². The minimum Gasteiger partial charge on any atom is -0.848 e. The van der Waals surface area contributed by atoms with Crippen molar-refractivity contribution in [2.24, 2.45) is 0 Å². The maximum absolute atomic E-state index is 13.8. The zero-order valence-corrected chi connectivity index (χ0v) is 51.5. The minimum atomic E-state index is -3.13. The first-order valence-corrected chi connectivity index (χ1v) is 34.1. The van der Waals surface area contributed by atoms with Gasteiger partial charge in [0.1, 0.15) is 0 Å². The normalized spacial score (nSPS) is 14.3. The van der Waals surface area contributed by atoms with Crippen molar-refractivity contribution >= 4 is 71.6 Å². The van der Waals surface area contributed by atoms with Crippen LogP contribution in [0.5, 0.6) is 0 Å². The summed E-state index contributed by atoms with van der Waals surface area (Å²) in [5.74, 6) is 0. The summed E-state index contributed by atoms with van der Waals surface area (Å²) in [6.07, 6.45) is 10.2. The molecule has 0 amide bonds.